The lowest BCUT2D eigenvalue weighted by atomic mass is 9.54. The molecule has 0 aromatic carbocycles. The molecule has 74 valence electrons. The van der Waals surface area contributed by atoms with E-state index < -0.39 is 17.3 Å². The molecule has 2 aliphatic rings. The number of hydrogen-bond acceptors (Lipinski definition) is 1. The molecule has 0 unspecified atom stereocenters. The standard InChI is InChI=1S/C9H12F2O2/c10-9(11)4-6(5-9)8(7(12)13)2-1-3-8/h6H,1-5H2,(H,12,13). The lowest BCUT2D eigenvalue weighted by Crippen LogP contribution is -2.53. The molecule has 0 aromatic heterocycles. The van der Waals surface area contributed by atoms with Gasteiger partial charge in [-0.05, 0) is 18.8 Å². The molecule has 2 aliphatic carbocycles. The maximum Gasteiger partial charge on any atom is 0.309 e. The van der Waals surface area contributed by atoms with E-state index in [1.54, 1.807) is 0 Å². The van der Waals surface area contributed by atoms with E-state index in [4.69, 9.17) is 5.11 Å². The second-order valence-corrected chi connectivity index (χ2v) is 4.28. The second-order valence-electron chi connectivity index (χ2n) is 4.28. The van der Waals surface area contributed by atoms with Crippen molar-refractivity contribution in [3.63, 3.8) is 0 Å². The third kappa shape index (κ3) is 1.15. The van der Waals surface area contributed by atoms with Crippen molar-refractivity contribution in [1.82, 2.24) is 0 Å². The Morgan fingerprint density at radius 3 is 2.08 bits per heavy atom. The summed E-state index contributed by atoms with van der Waals surface area (Å²) in [7, 11) is 0. The van der Waals surface area contributed by atoms with E-state index in [-0.39, 0.29) is 18.8 Å². The van der Waals surface area contributed by atoms with Crippen LogP contribution in [-0.2, 0) is 4.79 Å². The molecule has 0 aliphatic heterocycles. The van der Waals surface area contributed by atoms with Gasteiger partial charge in [-0.2, -0.15) is 0 Å². The molecule has 0 radical (unpaired) electrons. The zero-order chi connectivity index (χ0) is 9.69. The zero-order valence-corrected chi connectivity index (χ0v) is 7.22. The molecule has 2 fully saturated rings. The van der Waals surface area contributed by atoms with Crippen molar-refractivity contribution in [3.8, 4) is 0 Å². The first-order valence-electron chi connectivity index (χ1n) is 4.58. The number of halogens is 2. The number of carbonyl (C=O) groups is 1. The first-order chi connectivity index (χ1) is 5.96. The summed E-state index contributed by atoms with van der Waals surface area (Å²) in [5.41, 5.74) is -0.790. The Hall–Kier alpha value is -0.670. The van der Waals surface area contributed by atoms with Crippen molar-refractivity contribution in [2.75, 3.05) is 0 Å². The van der Waals surface area contributed by atoms with Crippen LogP contribution in [0.5, 0.6) is 0 Å². The summed E-state index contributed by atoms with van der Waals surface area (Å²) in [5.74, 6) is -3.75. The highest BCUT2D eigenvalue weighted by Gasteiger charge is 2.60. The summed E-state index contributed by atoms with van der Waals surface area (Å²) in [6, 6.07) is 0. The van der Waals surface area contributed by atoms with E-state index in [0.717, 1.165) is 6.42 Å². The Kier molecular flexibility index (Phi) is 1.66. The number of carboxylic acids is 1. The Labute approximate surface area is 74.9 Å². The molecular formula is C9H12F2O2. The average Bonchev–Trinajstić information content (AvgIpc) is 1.78. The Morgan fingerprint density at radius 1 is 1.31 bits per heavy atom. The van der Waals surface area contributed by atoms with Crippen LogP contribution in [0.25, 0.3) is 0 Å². The van der Waals surface area contributed by atoms with Crippen LogP contribution in [0.15, 0.2) is 0 Å². The molecule has 0 bridgehead atoms. The van der Waals surface area contributed by atoms with Crippen molar-refractivity contribution in [3.05, 3.63) is 0 Å². The number of alkyl halides is 2. The minimum atomic E-state index is -2.59. The van der Waals surface area contributed by atoms with E-state index in [1.165, 1.54) is 0 Å². The summed E-state index contributed by atoms with van der Waals surface area (Å²) < 4.78 is 25.1. The third-order valence-electron chi connectivity index (χ3n) is 3.54. The second kappa shape index (κ2) is 2.42. The van der Waals surface area contributed by atoms with Gasteiger partial charge in [0.2, 0.25) is 5.92 Å². The van der Waals surface area contributed by atoms with Crippen LogP contribution in [0.3, 0.4) is 0 Å². The highest BCUT2D eigenvalue weighted by atomic mass is 19.3. The van der Waals surface area contributed by atoms with Gasteiger partial charge in [-0.25, -0.2) is 8.78 Å². The monoisotopic (exact) mass is 190 g/mol. The topological polar surface area (TPSA) is 37.3 Å². The molecule has 13 heavy (non-hydrogen) atoms. The Balaban J connectivity index is 2.04. The van der Waals surface area contributed by atoms with Gasteiger partial charge in [0.15, 0.2) is 0 Å². The lowest BCUT2D eigenvalue weighted by molar-refractivity contribution is -0.190. The molecule has 2 rings (SSSR count). The van der Waals surface area contributed by atoms with E-state index in [0.29, 0.717) is 12.8 Å². The van der Waals surface area contributed by atoms with Crippen LogP contribution >= 0.6 is 0 Å². The van der Waals surface area contributed by atoms with E-state index in [9.17, 15) is 13.6 Å². The molecule has 0 spiro atoms. The molecule has 2 saturated carbocycles. The predicted molar refractivity (Wildman–Crippen MR) is 41.6 cm³/mol. The minimum Gasteiger partial charge on any atom is -0.481 e. The number of hydrogen-bond donors (Lipinski definition) is 1. The first-order valence-corrected chi connectivity index (χ1v) is 4.58. The predicted octanol–water partition coefficient (Wildman–Crippen LogP) is 2.29. The molecule has 0 aromatic rings. The van der Waals surface area contributed by atoms with Gasteiger partial charge >= 0.3 is 5.97 Å². The number of aliphatic carboxylic acids is 1. The summed E-state index contributed by atoms with van der Waals surface area (Å²) in [5, 5.41) is 8.94. The van der Waals surface area contributed by atoms with Crippen LogP contribution in [0.4, 0.5) is 8.78 Å². The summed E-state index contributed by atoms with van der Waals surface area (Å²) >= 11 is 0. The highest BCUT2D eigenvalue weighted by molar-refractivity contribution is 5.76. The molecule has 0 amide bonds. The van der Waals surface area contributed by atoms with Crippen LogP contribution in [-0.4, -0.2) is 17.0 Å². The van der Waals surface area contributed by atoms with Gasteiger partial charge in [0.05, 0.1) is 5.41 Å². The molecule has 1 N–H and O–H groups in total. The SMILES string of the molecule is O=C(O)C1(C2CC(F)(F)C2)CCC1. The van der Waals surface area contributed by atoms with Crippen LogP contribution < -0.4 is 0 Å². The average molecular weight is 190 g/mol. The Morgan fingerprint density at radius 2 is 1.85 bits per heavy atom. The molecular weight excluding hydrogens is 178 g/mol. The maximum absolute atomic E-state index is 12.5. The first kappa shape index (κ1) is 8.91. The summed E-state index contributed by atoms with van der Waals surface area (Å²) in [4.78, 5) is 10.9. The van der Waals surface area contributed by atoms with E-state index in [2.05, 4.69) is 0 Å². The third-order valence-corrected chi connectivity index (χ3v) is 3.54. The largest absolute Gasteiger partial charge is 0.481 e. The molecule has 2 nitrogen and oxygen atoms in total. The summed E-state index contributed by atoms with van der Waals surface area (Å²) in [6.45, 7) is 0. The quantitative estimate of drug-likeness (QED) is 0.725. The van der Waals surface area contributed by atoms with Gasteiger partial charge in [-0.3, -0.25) is 4.79 Å². The fourth-order valence-corrected chi connectivity index (χ4v) is 2.41. The van der Waals surface area contributed by atoms with Gasteiger partial charge in [-0.1, -0.05) is 6.42 Å². The zero-order valence-electron chi connectivity index (χ0n) is 7.22. The fraction of sp³-hybridized carbons (Fsp3) is 0.889. The van der Waals surface area contributed by atoms with Crippen molar-refractivity contribution < 1.29 is 18.7 Å². The minimum absolute atomic E-state index is 0.223. The van der Waals surface area contributed by atoms with Gasteiger partial charge in [0.25, 0.3) is 0 Å². The highest BCUT2D eigenvalue weighted by Crippen LogP contribution is 2.58. The van der Waals surface area contributed by atoms with Crippen LogP contribution in [0.1, 0.15) is 32.1 Å². The lowest BCUT2D eigenvalue weighted by Gasteiger charge is -2.50. The van der Waals surface area contributed by atoms with Crippen molar-refractivity contribution in [1.29, 1.82) is 0 Å². The molecule has 0 heterocycles. The fourth-order valence-electron chi connectivity index (χ4n) is 2.41. The van der Waals surface area contributed by atoms with Gasteiger partial charge < -0.3 is 5.11 Å². The Bertz CT molecular complexity index is 238. The van der Waals surface area contributed by atoms with Crippen LogP contribution in [0.2, 0.25) is 0 Å². The van der Waals surface area contributed by atoms with E-state index in [1.807, 2.05) is 0 Å². The van der Waals surface area contributed by atoms with Crippen molar-refractivity contribution in [2.24, 2.45) is 11.3 Å². The number of rotatable bonds is 2. The van der Waals surface area contributed by atoms with Gasteiger partial charge in [0, 0.05) is 12.8 Å². The van der Waals surface area contributed by atoms with Crippen molar-refractivity contribution >= 4 is 5.97 Å². The molecule has 0 saturated heterocycles. The van der Waals surface area contributed by atoms with E-state index >= 15 is 0 Å². The summed E-state index contributed by atoms with van der Waals surface area (Å²) in [6.07, 6.45) is 1.60. The smallest absolute Gasteiger partial charge is 0.309 e. The molecule has 0 atom stereocenters. The maximum atomic E-state index is 12.5. The van der Waals surface area contributed by atoms with Gasteiger partial charge in [-0.15, -0.1) is 0 Å². The van der Waals surface area contributed by atoms with Gasteiger partial charge in [0.1, 0.15) is 0 Å². The van der Waals surface area contributed by atoms with Crippen LogP contribution in [0, 0.1) is 11.3 Å². The normalized spacial score (nSPS) is 30.3. The van der Waals surface area contributed by atoms with Crippen molar-refractivity contribution in [2.45, 2.75) is 38.0 Å². The molecule has 4 heteroatoms. The number of carboxylic acid groups (broad SMARTS) is 1.